The lowest BCUT2D eigenvalue weighted by atomic mass is 10.1. The molecule has 1 atom stereocenters. The highest BCUT2D eigenvalue weighted by molar-refractivity contribution is 5.97. The number of rotatable bonds is 36. The Balaban J connectivity index is 1.32. The van der Waals surface area contributed by atoms with E-state index in [1.54, 1.807) is 36.4 Å². The van der Waals surface area contributed by atoms with Crippen molar-refractivity contribution in [3.63, 3.8) is 0 Å². The van der Waals surface area contributed by atoms with Crippen molar-refractivity contribution in [2.45, 2.75) is 83.3 Å². The number of hydrogen-bond acceptors (Lipinski definition) is 17. The lowest BCUT2D eigenvalue weighted by molar-refractivity contribution is -0.138. The maximum Gasteiger partial charge on any atom is 0.344 e. The van der Waals surface area contributed by atoms with Gasteiger partial charge in [0.25, 0.3) is 0 Å². The lowest BCUT2D eigenvalue weighted by Crippen LogP contribution is -2.16. The van der Waals surface area contributed by atoms with Crippen molar-refractivity contribution in [3.8, 4) is 28.7 Å². The summed E-state index contributed by atoms with van der Waals surface area (Å²) in [5.74, 6) is -3.01. The Morgan fingerprint density at radius 1 is 0.425 bits per heavy atom. The maximum absolute atomic E-state index is 13.6. The Kier molecular flexibility index (Phi) is 26.7. The minimum Gasteiger partial charge on any atom is -0.494 e. The highest BCUT2D eigenvalue weighted by Gasteiger charge is 2.22. The van der Waals surface area contributed by atoms with Crippen molar-refractivity contribution in [3.05, 3.63) is 151 Å². The van der Waals surface area contributed by atoms with Crippen LogP contribution in [0.5, 0.6) is 28.7 Å². The van der Waals surface area contributed by atoms with Crippen LogP contribution in [-0.2, 0) is 33.3 Å². The molecule has 0 spiro atoms. The molecular weight excluding hydrogens is 945 g/mol. The Hall–Kier alpha value is -7.76. The van der Waals surface area contributed by atoms with E-state index in [0.29, 0.717) is 56.9 Å². The molecule has 0 bridgehead atoms. The summed E-state index contributed by atoms with van der Waals surface area (Å²) in [5.41, 5.74) is 0.185. The van der Waals surface area contributed by atoms with Gasteiger partial charge in [-0.05, 0) is 168 Å². The fourth-order valence-corrected chi connectivity index (χ4v) is 6.48. The second kappa shape index (κ2) is 33.8. The van der Waals surface area contributed by atoms with Crippen LogP contribution in [0.25, 0.3) is 0 Å². The van der Waals surface area contributed by atoms with E-state index in [2.05, 4.69) is 19.7 Å². The normalized spacial score (nSPS) is 11.0. The zero-order valence-corrected chi connectivity index (χ0v) is 41.0. The Labute approximate surface area is 425 Å². The molecule has 0 saturated heterocycles. The van der Waals surface area contributed by atoms with Gasteiger partial charge in [-0.1, -0.05) is 26.2 Å². The molecule has 0 saturated carbocycles. The number of carbonyl (C=O) groups excluding carboxylic acids is 6. The third-order valence-corrected chi connectivity index (χ3v) is 10.5. The number of hydrogen-bond donors (Lipinski definition) is 1. The average Bonchev–Trinajstić information content (AvgIpc) is 3.41. The van der Waals surface area contributed by atoms with Gasteiger partial charge in [0.05, 0.1) is 56.3 Å². The summed E-state index contributed by atoms with van der Waals surface area (Å²) < 4.78 is 54.2. The average molecular weight is 1010 g/mol. The molecule has 0 radical (unpaired) electrons. The number of aliphatic hydroxyl groups excluding tert-OH is 1. The molecule has 17 heteroatoms. The van der Waals surface area contributed by atoms with E-state index in [-0.39, 0.29) is 33.8 Å². The summed E-state index contributed by atoms with van der Waals surface area (Å²) in [7, 11) is 0. The number of esters is 6. The van der Waals surface area contributed by atoms with Crippen LogP contribution in [0.1, 0.15) is 118 Å². The number of carbonyl (C=O) groups is 6. The van der Waals surface area contributed by atoms with Gasteiger partial charge in [0.1, 0.15) is 34.3 Å². The van der Waals surface area contributed by atoms with Crippen LogP contribution in [0.15, 0.2) is 129 Å². The molecule has 0 heterocycles. The van der Waals surface area contributed by atoms with Crippen LogP contribution >= 0.6 is 0 Å². The molecule has 0 fully saturated rings. The largest absolute Gasteiger partial charge is 0.494 e. The van der Waals surface area contributed by atoms with Crippen LogP contribution < -0.4 is 23.7 Å². The second-order valence-corrected chi connectivity index (χ2v) is 16.0. The predicted molar refractivity (Wildman–Crippen MR) is 268 cm³/mol. The molecule has 1 N–H and O–H groups in total. The van der Waals surface area contributed by atoms with E-state index in [1.807, 2.05) is 0 Å². The SMILES string of the molecule is C=CC(=O)OCCCCCCOc1ccc(C(=O)OCOC(=O)c2cc(OC(=O)c3ccc(OCCCCCCOC(O)C=C)cc3)ccc2OC(=O)c2ccc(OCCCCCCOC(=O)C=C)cc2)cc1. The summed E-state index contributed by atoms with van der Waals surface area (Å²) in [6.07, 6.45) is 12.4. The van der Waals surface area contributed by atoms with Gasteiger partial charge in [-0.3, -0.25) is 0 Å². The summed E-state index contributed by atoms with van der Waals surface area (Å²) in [5, 5.41) is 9.37. The predicted octanol–water partition coefficient (Wildman–Crippen LogP) is 9.89. The molecule has 390 valence electrons. The third-order valence-electron chi connectivity index (χ3n) is 10.5. The minimum absolute atomic E-state index is 0.0787. The van der Waals surface area contributed by atoms with Crippen molar-refractivity contribution in [1.29, 1.82) is 0 Å². The van der Waals surface area contributed by atoms with E-state index in [4.69, 9.17) is 47.4 Å². The standard InChI is InChI=1S/C56H64O17/c1-4-50(57)67-36-16-10-7-13-33-64-44-25-19-41(20-26-44)53(60)70-40-71-56(63)48-39-47(72-54(61)42-21-27-45(28-22-42)65-34-14-8-11-17-37-68-51(58)5-2)31-32-49(48)73-55(62)43-23-29-46(30-24-43)66-35-15-9-12-18-38-69-52(59)6-3/h4-6,19-32,39,51,58H,1-3,7-18,33-38,40H2. The van der Waals surface area contributed by atoms with E-state index in [0.717, 1.165) is 89.2 Å². The molecule has 4 aromatic carbocycles. The zero-order valence-electron chi connectivity index (χ0n) is 41.0. The molecule has 0 aliphatic rings. The van der Waals surface area contributed by atoms with Gasteiger partial charge < -0.3 is 52.5 Å². The van der Waals surface area contributed by atoms with Crippen LogP contribution in [0.4, 0.5) is 0 Å². The molecule has 4 aromatic rings. The van der Waals surface area contributed by atoms with Gasteiger partial charge in [-0.2, -0.15) is 0 Å². The summed E-state index contributed by atoms with van der Waals surface area (Å²) in [6.45, 7) is 11.8. The first-order valence-electron chi connectivity index (χ1n) is 24.1. The van der Waals surface area contributed by atoms with Gasteiger partial charge in [-0.25, -0.2) is 28.8 Å². The van der Waals surface area contributed by atoms with Gasteiger partial charge >= 0.3 is 35.8 Å². The first-order chi connectivity index (χ1) is 35.5. The Morgan fingerprint density at radius 3 is 1.25 bits per heavy atom. The van der Waals surface area contributed by atoms with Crippen molar-refractivity contribution in [2.75, 3.05) is 46.4 Å². The number of ether oxygens (including phenoxy) is 10. The lowest BCUT2D eigenvalue weighted by Gasteiger charge is -2.13. The van der Waals surface area contributed by atoms with Crippen LogP contribution in [0, 0.1) is 0 Å². The fourth-order valence-electron chi connectivity index (χ4n) is 6.48. The van der Waals surface area contributed by atoms with Crippen LogP contribution in [0.2, 0.25) is 0 Å². The minimum atomic E-state index is -1.06. The van der Waals surface area contributed by atoms with Crippen LogP contribution in [0.3, 0.4) is 0 Å². The first-order valence-corrected chi connectivity index (χ1v) is 24.1. The third kappa shape index (κ3) is 22.9. The highest BCUT2D eigenvalue weighted by atomic mass is 16.7. The Morgan fingerprint density at radius 2 is 0.808 bits per heavy atom. The number of unbranched alkanes of at least 4 members (excludes halogenated alkanes) is 9. The molecule has 1 unspecified atom stereocenters. The molecule has 4 rings (SSSR count). The summed E-state index contributed by atoms with van der Waals surface area (Å²) >= 11 is 0. The van der Waals surface area contributed by atoms with Gasteiger partial charge in [-0.15, -0.1) is 0 Å². The first kappa shape index (κ1) is 57.8. The Bertz CT molecular complexity index is 2380. The molecule has 0 aromatic heterocycles. The van der Waals surface area contributed by atoms with Gasteiger partial charge in [0.15, 0.2) is 6.29 Å². The summed E-state index contributed by atoms with van der Waals surface area (Å²) in [4.78, 5) is 75.3. The quantitative estimate of drug-likeness (QED) is 0.00853. The van der Waals surface area contributed by atoms with Gasteiger partial charge in [0, 0.05) is 12.2 Å². The molecule has 0 aliphatic heterocycles. The monoisotopic (exact) mass is 1010 g/mol. The highest BCUT2D eigenvalue weighted by Crippen LogP contribution is 2.28. The molecular formula is C56H64O17. The van der Waals surface area contributed by atoms with Gasteiger partial charge in [0.2, 0.25) is 6.79 Å². The van der Waals surface area contributed by atoms with E-state index >= 15 is 0 Å². The van der Waals surface area contributed by atoms with E-state index in [1.165, 1.54) is 60.7 Å². The number of benzene rings is 4. The summed E-state index contributed by atoms with van der Waals surface area (Å²) in [6, 6.07) is 22.5. The van der Waals surface area contributed by atoms with Crippen molar-refractivity contribution in [2.24, 2.45) is 0 Å². The second-order valence-electron chi connectivity index (χ2n) is 16.0. The van der Waals surface area contributed by atoms with Crippen molar-refractivity contribution >= 4 is 35.8 Å². The van der Waals surface area contributed by atoms with Crippen molar-refractivity contribution in [1.82, 2.24) is 0 Å². The van der Waals surface area contributed by atoms with E-state index < -0.39 is 48.9 Å². The molecule has 73 heavy (non-hydrogen) atoms. The molecule has 0 amide bonds. The van der Waals surface area contributed by atoms with Crippen molar-refractivity contribution < 1.29 is 81.2 Å². The maximum atomic E-state index is 13.6. The number of aliphatic hydroxyl groups is 1. The smallest absolute Gasteiger partial charge is 0.344 e. The fraction of sp³-hybridized carbons (Fsp3) is 0.357. The molecule has 17 nitrogen and oxygen atoms in total. The van der Waals surface area contributed by atoms with E-state index in [9.17, 15) is 33.9 Å². The topological polar surface area (TPSA) is 215 Å². The van der Waals surface area contributed by atoms with Crippen LogP contribution in [-0.4, -0.2) is 93.6 Å². The molecule has 0 aliphatic carbocycles. The zero-order chi connectivity index (χ0) is 52.5.